The Balaban J connectivity index is 1.57. The van der Waals surface area contributed by atoms with Crippen LogP contribution in [0.25, 0.3) is 10.6 Å². The van der Waals surface area contributed by atoms with Crippen LogP contribution in [0.3, 0.4) is 0 Å². The second-order valence-electron chi connectivity index (χ2n) is 6.69. The van der Waals surface area contributed by atoms with Crippen molar-refractivity contribution in [1.29, 1.82) is 0 Å². The van der Waals surface area contributed by atoms with Crippen molar-refractivity contribution >= 4 is 17.2 Å². The topological polar surface area (TPSA) is 51.2 Å². The zero-order valence-electron chi connectivity index (χ0n) is 16.1. The van der Waals surface area contributed by atoms with Gasteiger partial charge in [-0.05, 0) is 44.9 Å². The minimum Gasteiger partial charge on any atom is -0.481 e. The Morgan fingerprint density at radius 1 is 1.15 bits per heavy atom. The molecule has 0 unspecified atom stereocenters. The molecule has 140 valence electrons. The third-order valence-corrected chi connectivity index (χ3v) is 5.46. The highest BCUT2D eigenvalue weighted by Gasteiger charge is 2.16. The number of aromatic nitrogens is 1. The van der Waals surface area contributed by atoms with Gasteiger partial charge in [-0.15, -0.1) is 11.3 Å². The van der Waals surface area contributed by atoms with E-state index >= 15 is 0 Å². The minimum absolute atomic E-state index is 0.152. The van der Waals surface area contributed by atoms with Crippen LogP contribution in [0.1, 0.15) is 29.3 Å². The Kier molecular flexibility index (Phi) is 5.91. The van der Waals surface area contributed by atoms with Crippen LogP contribution < -0.4 is 10.1 Å². The molecule has 1 N–H and O–H groups in total. The van der Waals surface area contributed by atoms with E-state index in [0.717, 1.165) is 33.1 Å². The molecule has 1 aromatic heterocycles. The largest absolute Gasteiger partial charge is 0.481 e. The molecule has 5 heteroatoms. The summed E-state index contributed by atoms with van der Waals surface area (Å²) < 4.78 is 5.83. The molecule has 0 saturated heterocycles. The van der Waals surface area contributed by atoms with Gasteiger partial charge in [0.25, 0.3) is 5.91 Å². The number of thiazole rings is 1. The molecule has 1 amide bonds. The van der Waals surface area contributed by atoms with Gasteiger partial charge < -0.3 is 10.1 Å². The predicted molar refractivity (Wildman–Crippen MR) is 110 cm³/mol. The number of carbonyl (C=O) groups is 1. The highest BCUT2D eigenvalue weighted by atomic mass is 32.1. The number of hydrogen-bond acceptors (Lipinski definition) is 4. The van der Waals surface area contributed by atoms with E-state index in [2.05, 4.69) is 41.5 Å². The molecule has 3 aromatic rings. The molecule has 0 aliphatic carbocycles. The second kappa shape index (κ2) is 8.35. The molecule has 2 aromatic carbocycles. The van der Waals surface area contributed by atoms with Crippen molar-refractivity contribution in [2.75, 3.05) is 0 Å². The number of nitrogens with zero attached hydrogens (tertiary/aromatic N) is 1. The summed E-state index contributed by atoms with van der Waals surface area (Å²) in [5.74, 6) is 0.591. The van der Waals surface area contributed by atoms with Crippen LogP contribution in [-0.2, 0) is 11.3 Å². The number of amides is 1. The third-order valence-electron chi connectivity index (χ3n) is 4.52. The SMILES string of the molecule is Cc1ccc(-c2nc(CNC(=O)[C@@H](C)Oc3cccc(C)c3C)cs2)cc1. The summed E-state index contributed by atoms with van der Waals surface area (Å²) in [7, 11) is 0. The van der Waals surface area contributed by atoms with Crippen LogP contribution in [0, 0.1) is 20.8 Å². The van der Waals surface area contributed by atoms with Crippen LogP contribution in [0.5, 0.6) is 5.75 Å². The van der Waals surface area contributed by atoms with Gasteiger partial charge >= 0.3 is 0 Å². The molecule has 0 aliphatic rings. The lowest BCUT2D eigenvalue weighted by Gasteiger charge is -2.16. The van der Waals surface area contributed by atoms with Crippen LogP contribution in [0.4, 0.5) is 0 Å². The van der Waals surface area contributed by atoms with Crippen molar-refractivity contribution in [2.45, 2.75) is 40.3 Å². The molecule has 4 nitrogen and oxygen atoms in total. The predicted octanol–water partition coefficient (Wildman–Crippen LogP) is 4.82. The van der Waals surface area contributed by atoms with Crippen LogP contribution in [-0.4, -0.2) is 17.0 Å². The van der Waals surface area contributed by atoms with Gasteiger partial charge in [-0.2, -0.15) is 0 Å². The van der Waals surface area contributed by atoms with Crippen LogP contribution in [0.2, 0.25) is 0 Å². The quantitative estimate of drug-likeness (QED) is 0.667. The molecule has 27 heavy (non-hydrogen) atoms. The molecule has 0 fully saturated rings. The Morgan fingerprint density at radius 3 is 2.63 bits per heavy atom. The van der Waals surface area contributed by atoms with E-state index in [9.17, 15) is 4.79 Å². The number of carbonyl (C=O) groups excluding carboxylic acids is 1. The minimum atomic E-state index is -0.569. The maximum absolute atomic E-state index is 12.4. The molecular weight excluding hydrogens is 356 g/mol. The van der Waals surface area contributed by atoms with Crippen molar-refractivity contribution in [3.63, 3.8) is 0 Å². The summed E-state index contributed by atoms with van der Waals surface area (Å²) in [4.78, 5) is 17.0. The number of aryl methyl sites for hydroxylation is 2. The molecule has 1 heterocycles. The molecule has 0 saturated carbocycles. The van der Waals surface area contributed by atoms with Gasteiger partial charge in [0.1, 0.15) is 10.8 Å². The molecule has 3 rings (SSSR count). The first kappa shape index (κ1) is 19.1. The molecule has 0 aliphatic heterocycles. The average molecular weight is 381 g/mol. The Hall–Kier alpha value is -2.66. The summed E-state index contributed by atoms with van der Waals surface area (Å²) in [6.07, 6.45) is -0.569. The average Bonchev–Trinajstić information content (AvgIpc) is 3.13. The fourth-order valence-corrected chi connectivity index (χ4v) is 3.46. The summed E-state index contributed by atoms with van der Waals surface area (Å²) in [6, 6.07) is 14.1. The molecule has 0 bridgehead atoms. The van der Waals surface area contributed by atoms with E-state index in [4.69, 9.17) is 4.74 Å². The van der Waals surface area contributed by atoms with Gasteiger partial charge in [0.15, 0.2) is 6.10 Å². The maximum Gasteiger partial charge on any atom is 0.261 e. The number of ether oxygens (including phenoxy) is 1. The van der Waals surface area contributed by atoms with E-state index in [1.165, 1.54) is 5.56 Å². The summed E-state index contributed by atoms with van der Waals surface area (Å²) >= 11 is 1.58. The van der Waals surface area contributed by atoms with Gasteiger partial charge in [0, 0.05) is 10.9 Å². The normalized spacial score (nSPS) is 11.9. The zero-order chi connectivity index (χ0) is 19.4. The van der Waals surface area contributed by atoms with Crippen molar-refractivity contribution in [1.82, 2.24) is 10.3 Å². The third kappa shape index (κ3) is 4.74. The van der Waals surface area contributed by atoms with Crippen molar-refractivity contribution in [2.24, 2.45) is 0 Å². The van der Waals surface area contributed by atoms with Gasteiger partial charge in [-0.3, -0.25) is 4.79 Å². The van der Waals surface area contributed by atoms with Crippen LogP contribution in [0.15, 0.2) is 47.8 Å². The monoisotopic (exact) mass is 380 g/mol. The van der Waals surface area contributed by atoms with Crippen molar-refractivity contribution in [3.8, 4) is 16.3 Å². The smallest absolute Gasteiger partial charge is 0.261 e. The first-order valence-electron chi connectivity index (χ1n) is 8.96. The molecular formula is C22H24N2O2S. The van der Waals surface area contributed by atoms with Crippen molar-refractivity contribution in [3.05, 3.63) is 70.2 Å². The highest BCUT2D eigenvalue weighted by Crippen LogP contribution is 2.24. The second-order valence-corrected chi connectivity index (χ2v) is 7.54. The summed E-state index contributed by atoms with van der Waals surface area (Å²) in [5, 5.41) is 5.84. The standard InChI is InChI=1S/C22H24N2O2S/c1-14-8-10-18(11-9-14)22-24-19(13-27-22)12-23-21(25)17(4)26-20-7-5-6-15(2)16(20)3/h5-11,13,17H,12H2,1-4H3,(H,23,25)/t17-/m1/s1. The van der Waals surface area contributed by atoms with Gasteiger partial charge in [-0.1, -0.05) is 42.0 Å². The summed E-state index contributed by atoms with van der Waals surface area (Å²) in [6.45, 7) is 8.24. The van der Waals surface area contributed by atoms with Gasteiger partial charge in [0.05, 0.1) is 12.2 Å². The Morgan fingerprint density at radius 2 is 1.89 bits per heavy atom. The number of rotatable bonds is 6. The highest BCUT2D eigenvalue weighted by molar-refractivity contribution is 7.13. The lowest BCUT2D eigenvalue weighted by atomic mass is 10.1. The zero-order valence-corrected chi connectivity index (χ0v) is 16.9. The number of benzene rings is 2. The molecule has 1 atom stereocenters. The van der Waals surface area contributed by atoms with Crippen molar-refractivity contribution < 1.29 is 9.53 Å². The maximum atomic E-state index is 12.4. The Labute approximate surface area is 164 Å². The Bertz CT molecular complexity index is 932. The molecule has 0 spiro atoms. The van der Waals surface area contributed by atoms with E-state index in [-0.39, 0.29) is 5.91 Å². The van der Waals surface area contributed by atoms with E-state index in [0.29, 0.717) is 6.54 Å². The fraction of sp³-hybridized carbons (Fsp3) is 0.273. The van der Waals surface area contributed by atoms with Gasteiger partial charge in [-0.25, -0.2) is 4.98 Å². The summed E-state index contributed by atoms with van der Waals surface area (Å²) in [5.41, 5.74) is 5.36. The van der Waals surface area contributed by atoms with E-state index in [1.807, 2.05) is 37.4 Å². The molecule has 0 radical (unpaired) electrons. The number of nitrogens with one attached hydrogen (secondary N) is 1. The lowest BCUT2D eigenvalue weighted by Crippen LogP contribution is -2.36. The van der Waals surface area contributed by atoms with Crippen LogP contribution >= 0.6 is 11.3 Å². The first-order valence-corrected chi connectivity index (χ1v) is 9.84. The van der Waals surface area contributed by atoms with E-state index in [1.54, 1.807) is 18.3 Å². The number of hydrogen-bond donors (Lipinski definition) is 1. The lowest BCUT2D eigenvalue weighted by molar-refractivity contribution is -0.127. The van der Waals surface area contributed by atoms with E-state index < -0.39 is 6.10 Å². The van der Waals surface area contributed by atoms with Gasteiger partial charge in [0.2, 0.25) is 0 Å². The fourth-order valence-electron chi connectivity index (χ4n) is 2.63. The first-order chi connectivity index (χ1) is 12.9.